The molecule has 0 radical (unpaired) electrons. The van der Waals surface area contributed by atoms with Gasteiger partial charge in [-0.05, 0) is 42.0 Å². The van der Waals surface area contributed by atoms with Gasteiger partial charge in [0.1, 0.15) is 5.65 Å². The second kappa shape index (κ2) is 6.26. The summed E-state index contributed by atoms with van der Waals surface area (Å²) >= 11 is 9.56. The molecule has 4 rings (SSSR count). The van der Waals surface area contributed by atoms with Gasteiger partial charge in [0.2, 0.25) is 0 Å². The van der Waals surface area contributed by atoms with E-state index in [4.69, 9.17) is 16.0 Å². The largest absolute Gasteiger partial charge is 0.463 e. The average Bonchev–Trinajstić information content (AvgIpc) is 3.21. The number of aliphatic imine (C=N–C) groups is 1. The second-order valence-corrected chi connectivity index (χ2v) is 6.50. The Morgan fingerprint density at radius 2 is 1.96 bits per heavy atom. The van der Waals surface area contributed by atoms with E-state index in [1.165, 1.54) is 0 Å². The van der Waals surface area contributed by atoms with E-state index >= 15 is 0 Å². The van der Waals surface area contributed by atoms with Gasteiger partial charge in [-0.2, -0.15) is 0 Å². The molecule has 3 heterocycles. The smallest absolute Gasteiger partial charge is 0.168 e. The number of aromatic nitrogens is 2. The van der Waals surface area contributed by atoms with Gasteiger partial charge in [-0.15, -0.1) is 0 Å². The van der Waals surface area contributed by atoms with Crippen LogP contribution in [0.4, 0.5) is 5.82 Å². The zero-order valence-electron chi connectivity index (χ0n) is 12.4. The Labute approximate surface area is 151 Å². The molecule has 0 unspecified atom stereocenters. The molecule has 4 nitrogen and oxygen atoms in total. The van der Waals surface area contributed by atoms with Crippen LogP contribution in [0.3, 0.4) is 0 Å². The van der Waals surface area contributed by atoms with Crippen LogP contribution in [-0.4, -0.2) is 15.6 Å². The summed E-state index contributed by atoms with van der Waals surface area (Å²) in [6.45, 7) is 0. The summed E-state index contributed by atoms with van der Waals surface area (Å²) in [5, 5.41) is 0.617. The summed E-state index contributed by atoms with van der Waals surface area (Å²) in [5.41, 5.74) is 2.42. The number of furan rings is 1. The maximum atomic E-state index is 6.13. The molecule has 24 heavy (non-hydrogen) atoms. The van der Waals surface area contributed by atoms with E-state index in [0.717, 1.165) is 15.7 Å². The van der Waals surface area contributed by atoms with Crippen LogP contribution in [0.2, 0.25) is 5.02 Å². The molecule has 3 aromatic heterocycles. The minimum atomic E-state index is 0.617. The standard InChI is InChI=1S/C18H11BrClN3O/c19-13-5-3-12(4-6-13)10-21-18-17(15-2-1-9-24-15)22-16-8-7-14(20)11-23(16)18/h1-11H. The molecule has 0 N–H and O–H groups in total. The van der Waals surface area contributed by atoms with Crippen molar-refractivity contribution in [1.29, 1.82) is 0 Å². The number of nitrogens with zero attached hydrogens (tertiary/aromatic N) is 3. The van der Waals surface area contributed by atoms with Crippen molar-refractivity contribution in [3.63, 3.8) is 0 Å². The summed E-state index contributed by atoms with van der Waals surface area (Å²) in [4.78, 5) is 9.24. The van der Waals surface area contributed by atoms with Gasteiger partial charge in [-0.1, -0.05) is 39.7 Å². The number of halogens is 2. The van der Waals surface area contributed by atoms with Crippen LogP contribution >= 0.6 is 27.5 Å². The van der Waals surface area contributed by atoms with Crippen LogP contribution in [0, 0.1) is 0 Å². The zero-order valence-corrected chi connectivity index (χ0v) is 14.7. The van der Waals surface area contributed by atoms with Crippen LogP contribution in [-0.2, 0) is 0 Å². The van der Waals surface area contributed by atoms with E-state index in [1.54, 1.807) is 24.7 Å². The number of fused-ring (bicyclic) bond motifs is 1. The molecular formula is C18H11BrClN3O. The lowest BCUT2D eigenvalue weighted by Gasteiger charge is -1.99. The predicted octanol–water partition coefficient (Wildman–Crippen LogP) is 5.76. The minimum Gasteiger partial charge on any atom is -0.463 e. The Kier molecular flexibility index (Phi) is 3.96. The summed E-state index contributed by atoms with van der Waals surface area (Å²) in [7, 11) is 0. The number of benzene rings is 1. The zero-order chi connectivity index (χ0) is 16.5. The quantitative estimate of drug-likeness (QED) is 0.410. The molecule has 0 aliphatic carbocycles. The normalized spacial score (nSPS) is 11.6. The molecule has 0 aliphatic rings. The highest BCUT2D eigenvalue weighted by atomic mass is 79.9. The molecule has 6 heteroatoms. The number of hydrogen-bond donors (Lipinski definition) is 0. The maximum Gasteiger partial charge on any atom is 0.168 e. The summed E-state index contributed by atoms with van der Waals surface area (Å²) in [6, 6.07) is 15.3. The molecule has 1 aromatic carbocycles. The Bertz CT molecular complexity index is 1020. The van der Waals surface area contributed by atoms with Crippen molar-refractivity contribution in [2.45, 2.75) is 0 Å². The van der Waals surface area contributed by atoms with Crippen molar-refractivity contribution < 1.29 is 4.42 Å². The van der Waals surface area contributed by atoms with Gasteiger partial charge in [-0.3, -0.25) is 4.40 Å². The Morgan fingerprint density at radius 1 is 1.12 bits per heavy atom. The Morgan fingerprint density at radius 3 is 2.71 bits per heavy atom. The van der Waals surface area contributed by atoms with Gasteiger partial charge in [-0.25, -0.2) is 9.98 Å². The van der Waals surface area contributed by atoms with Crippen LogP contribution in [0.15, 0.2) is 74.9 Å². The Hall–Kier alpha value is -2.37. The van der Waals surface area contributed by atoms with Gasteiger partial charge in [0.15, 0.2) is 17.3 Å². The predicted molar refractivity (Wildman–Crippen MR) is 99.3 cm³/mol. The lowest BCUT2D eigenvalue weighted by molar-refractivity contribution is 0.580. The minimum absolute atomic E-state index is 0.617. The second-order valence-electron chi connectivity index (χ2n) is 5.15. The SMILES string of the molecule is Clc1ccc2nc(-c3ccco3)c(N=Cc3ccc(Br)cc3)n2c1. The molecule has 0 fully saturated rings. The molecule has 0 saturated carbocycles. The fourth-order valence-electron chi connectivity index (χ4n) is 2.39. The van der Waals surface area contributed by atoms with E-state index in [0.29, 0.717) is 22.3 Å². The van der Waals surface area contributed by atoms with Crippen LogP contribution in [0.5, 0.6) is 0 Å². The van der Waals surface area contributed by atoms with Crippen molar-refractivity contribution in [2.75, 3.05) is 0 Å². The highest BCUT2D eigenvalue weighted by molar-refractivity contribution is 9.10. The van der Waals surface area contributed by atoms with E-state index < -0.39 is 0 Å². The first-order valence-corrected chi connectivity index (χ1v) is 8.39. The third-order valence-electron chi connectivity index (χ3n) is 3.52. The summed E-state index contributed by atoms with van der Waals surface area (Å²) in [5.74, 6) is 1.34. The molecule has 0 saturated heterocycles. The van der Waals surface area contributed by atoms with Crippen LogP contribution < -0.4 is 0 Å². The molecule has 0 spiro atoms. The third-order valence-corrected chi connectivity index (χ3v) is 4.27. The molecule has 118 valence electrons. The first kappa shape index (κ1) is 15.2. The van der Waals surface area contributed by atoms with Crippen molar-refractivity contribution in [1.82, 2.24) is 9.38 Å². The van der Waals surface area contributed by atoms with Crippen LogP contribution in [0.25, 0.3) is 17.1 Å². The van der Waals surface area contributed by atoms with Crippen molar-refractivity contribution >= 4 is 45.2 Å². The van der Waals surface area contributed by atoms with Gasteiger partial charge in [0, 0.05) is 16.9 Å². The van der Waals surface area contributed by atoms with Gasteiger partial charge >= 0.3 is 0 Å². The molecule has 0 aliphatic heterocycles. The summed E-state index contributed by atoms with van der Waals surface area (Å²) in [6.07, 6.45) is 5.21. The Balaban J connectivity index is 1.87. The molecule has 4 aromatic rings. The van der Waals surface area contributed by atoms with Crippen molar-refractivity contribution in [2.24, 2.45) is 4.99 Å². The first-order valence-electron chi connectivity index (χ1n) is 7.22. The monoisotopic (exact) mass is 399 g/mol. The summed E-state index contributed by atoms with van der Waals surface area (Å²) < 4.78 is 8.38. The molecular weight excluding hydrogens is 390 g/mol. The van der Waals surface area contributed by atoms with Gasteiger partial charge in [0.05, 0.1) is 11.3 Å². The topological polar surface area (TPSA) is 42.8 Å². The van der Waals surface area contributed by atoms with Gasteiger partial charge < -0.3 is 4.42 Å². The fraction of sp³-hybridized carbons (Fsp3) is 0. The highest BCUT2D eigenvalue weighted by Crippen LogP contribution is 2.32. The van der Waals surface area contributed by atoms with E-state index in [9.17, 15) is 0 Å². The van der Waals surface area contributed by atoms with Gasteiger partial charge in [0.25, 0.3) is 0 Å². The number of pyridine rings is 1. The van der Waals surface area contributed by atoms with E-state index in [2.05, 4.69) is 25.9 Å². The first-order chi connectivity index (χ1) is 11.7. The lowest BCUT2D eigenvalue weighted by atomic mass is 10.2. The van der Waals surface area contributed by atoms with Crippen molar-refractivity contribution in [3.05, 3.63) is 76.0 Å². The molecule has 0 bridgehead atoms. The fourth-order valence-corrected chi connectivity index (χ4v) is 2.82. The molecule has 0 atom stereocenters. The number of rotatable bonds is 3. The number of hydrogen-bond acceptors (Lipinski definition) is 3. The molecule has 0 amide bonds. The van der Waals surface area contributed by atoms with Crippen LogP contribution in [0.1, 0.15) is 5.56 Å². The lowest BCUT2D eigenvalue weighted by Crippen LogP contribution is -1.85. The average molecular weight is 401 g/mol. The third kappa shape index (κ3) is 2.88. The van der Waals surface area contributed by atoms with E-state index in [1.807, 2.05) is 46.9 Å². The number of imidazole rings is 1. The highest BCUT2D eigenvalue weighted by Gasteiger charge is 2.15. The maximum absolute atomic E-state index is 6.13. The van der Waals surface area contributed by atoms with E-state index in [-0.39, 0.29) is 0 Å². The van der Waals surface area contributed by atoms with Crippen molar-refractivity contribution in [3.8, 4) is 11.5 Å².